The predicted octanol–water partition coefficient (Wildman–Crippen LogP) is 4.30. The van der Waals surface area contributed by atoms with Crippen molar-refractivity contribution in [2.45, 2.75) is 13.2 Å². The van der Waals surface area contributed by atoms with E-state index in [4.69, 9.17) is 4.74 Å². The smallest absolute Gasteiger partial charge is 0.278 e. The number of anilines is 1. The van der Waals surface area contributed by atoms with Crippen LogP contribution >= 0.6 is 11.3 Å². The van der Waals surface area contributed by atoms with Gasteiger partial charge in [0.05, 0.1) is 11.9 Å². The number of fused-ring (bicyclic) bond motifs is 1. The third-order valence-corrected chi connectivity index (χ3v) is 5.61. The van der Waals surface area contributed by atoms with Gasteiger partial charge in [-0.3, -0.25) is 10.1 Å². The van der Waals surface area contributed by atoms with Gasteiger partial charge in [-0.1, -0.05) is 47.7 Å². The van der Waals surface area contributed by atoms with Crippen molar-refractivity contribution in [3.63, 3.8) is 0 Å². The maximum Gasteiger partial charge on any atom is 0.278 e. The maximum absolute atomic E-state index is 14.1. The molecule has 3 aromatic heterocycles. The molecule has 0 radical (unpaired) electrons. The van der Waals surface area contributed by atoms with Gasteiger partial charge in [-0.2, -0.15) is 5.10 Å². The van der Waals surface area contributed by atoms with Gasteiger partial charge >= 0.3 is 0 Å². The number of hydrogen-bond donors (Lipinski definition) is 1. The summed E-state index contributed by atoms with van der Waals surface area (Å²) in [5.74, 6) is -0.0770. The van der Waals surface area contributed by atoms with Crippen molar-refractivity contribution in [3.05, 3.63) is 95.0 Å². The third kappa shape index (κ3) is 4.55. The highest BCUT2D eigenvalue weighted by atomic mass is 32.1. The number of hydrogen-bond acceptors (Lipinski definition) is 7. The molecule has 0 atom stereocenters. The maximum atomic E-state index is 14.1. The van der Waals surface area contributed by atoms with Crippen molar-refractivity contribution >= 4 is 33.4 Å². The van der Waals surface area contributed by atoms with E-state index in [9.17, 15) is 9.18 Å². The molecule has 1 N–H and O–H groups in total. The Hall–Kier alpha value is -4.18. The zero-order chi connectivity index (χ0) is 22.6. The Morgan fingerprint density at radius 3 is 2.70 bits per heavy atom. The number of carbonyl (C=O) groups excluding carboxylic acids is 1. The van der Waals surface area contributed by atoms with Gasteiger partial charge in [0.25, 0.3) is 5.91 Å². The molecule has 0 saturated heterocycles. The largest absolute Gasteiger partial charge is 0.486 e. The van der Waals surface area contributed by atoms with Crippen molar-refractivity contribution in [1.82, 2.24) is 25.0 Å². The molecular formula is C23H17FN6O2S. The lowest BCUT2D eigenvalue weighted by Crippen LogP contribution is -2.14. The molecule has 0 spiro atoms. The molecule has 0 bridgehead atoms. The van der Waals surface area contributed by atoms with Crippen LogP contribution in [0, 0.1) is 5.82 Å². The molecule has 0 aliphatic carbocycles. The highest BCUT2D eigenvalue weighted by Gasteiger charge is 2.20. The van der Waals surface area contributed by atoms with Crippen molar-refractivity contribution in [3.8, 4) is 5.75 Å². The summed E-state index contributed by atoms with van der Waals surface area (Å²) in [6, 6.07) is 19.3. The number of aromatic nitrogens is 5. The molecule has 0 aliphatic rings. The molecule has 0 aliphatic heterocycles. The van der Waals surface area contributed by atoms with E-state index in [-0.39, 0.29) is 24.7 Å². The number of pyridine rings is 1. The Kier molecular flexibility index (Phi) is 5.73. The Balaban J connectivity index is 1.34. The summed E-state index contributed by atoms with van der Waals surface area (Å²) < 4.78 is 21.3. The Bertz CT molecular complexity index is 1420. The number of benzene rings is 2. The van der Waals surface area contributed by atoms with Crippen LogP contribution in [0.25, 0.3) is 11.0 Å². The van der Waals surface area contributed by atoms with E-state index in [2.05, 4.69) is 25.6 Å². The SMILES string of the molecule is O=C(Nc1nnc(COc2ccccc2)s1)c1nn(Cc2ccccc2F)c2ncccc12. The molecule has 1 amide bonds. The minimum Gasteiger partial charge on any atom is -0.486 e. The lowest BCUT2D eigenvalue weighted by Gasteiger charge is -2.04. The minimum absolute atomic E-state index is 0.146. The molecule has 5 aromatic rings. The Morgan fingerprint density at radius 2 is 1.85 bits per heavy atom. The summed E-state index contributed by atoms with van der Waals surface area (Å²) in [6.45, 7) is 0.384. The number of carbonyl (C=O) groups is 1. The van der Waals surface area contributed by atoms with Crippen molar-refractivity contribution in [1.29, 1.82) is 0 Å². The van der Waals surface area contributed by atoms with Crippen LogP contribution in [0.15, 0.2) is 72.9 Å². The van der Waals surface area contributed by atoms with E-state index >= 15 is 0 Å². The second kappa shape index (κ2) is 9.13. The lowest BCUT2D eigenvalue weighted by atomic mass is 10.2. The molecule has 164 valence electrons. The number of ether oxygens (including phenoxy) is 1. The fourth-order valence-electron chi connectivity index (χ4n) is 3.26. The number of halogens is 1. The first kappa shape index (κ1) is 20.7. The number of amides is 1. The van der Waals surface area contributed by atoms with Crippen LogP contribution in [0.3, 0.4) is 0 Å². The van der Waals surface area contributed by atoms with Gasteiger partial charge in [-0.05, 0) is 30.3 Å². The van der Waals surface area contributed by atoms with Crippen LogP contribution in [0.5, 0.6) is 5.75 Å². The normalized spacial score (nSPS) is 10.9. The average Bonchev–Trinajstić information content (AvgIpc) is 3.44. The first-order valence-electron chi connectivity index (χ1n) is 10.0. The summed E-state index contributed by atoms with van der Waals surface area (Å²) in [7, 11) is 0. The molecule has 5 rings (SSSR count). The van der Waals surface area contributed by atoms with E-state index in [1.165, 1.54) is 22.1 Å². The van der Waals surface area contributed by atoms with Crippen LogP contribution in [-0.4, -0.2) is 30.9 Å². The summed E-state index contributed by atoms with van der Waals surface area (Å²) in [5.41, 5.74) is 1.11. The molecule has 8 nitrogen and oxygen atoms in total. The van der Waals surface area contributed by atoms with Gasteiger partial charge in [-0.25, -0.2) is 14.1 Å². The highest BCUT2D eigenvalue weighted by Crippen LogP contribution is 2.22. The number of nitrogens with one attached hydrogen (secondary N) is 1. The molecule has 33 heavy (non-hydrogen) atoms. The molecule has 3 heterocycles. The van der Waals surface area contributed by atoms with E-state index in [1.54, 1.807) is 36.5 Å². The summed E-state index contributed by atoms with van der Waals surface area (Å²) >= 11 is 1.21. The average molecular weight is 460 g/mol. The fraction of sp³-hybridized carbons (Fsp3) is 0.0870. The second-order valence-electron chi connectivity index (χ2n) is 7.03. The minimum atomic E-state index is -0.452. The summed E-state index contributed by atoms with van der Waals surface area (Å²) in [6.07, 6.45) is 1.60. The molecule has 0 fully saturated rings. The van der Waals surface area contributed by atoms with Crippen LogP contribution in [-0.2, 0) is 13.2 Å². The monoisotopic (exact) mass is 460 g/mol. The van der Waals surface area contributed by atoms with Gasteiger partial charge in [0, 0.05) is 11.8 Å². The van der Waals surface area contributed by atoms with E-state index < -0.39 is 5.91 Å². The van der Waals surface area contributed by atoms with Crippen molar-refractivity contribution in [2.75, 3.05) is 5.32 Å². The van der Waals surface area contributed by atoms with Gasteiger partial charge in [0.15, 0.2) is 16.3 Å². The van der Waals surface area contributed by atoms with Gasteiger partial charge < -0.3 is 4.74 Å². The van der Waals surface area contributed by atoms with E-state index in [0.717, 1.165) is 5.75 Å². The van der Waals surface area contributed by atoms with Gasteiger partial charge in [0.1, 0.15) is 18.2 Å². The third-order valence-electron chi connectivity index (χ3n) is 4.79. The zero-order valence-corrected chi connectivity index (χ0v) is 18.0. The lowest BCUT2D eigenvalue weighted by molar-refractivity contribution is 0.102. The number of para-hydroxylation sites is 1. The molecule has 2 aromatic carbocycles. The number of rotatable bonds is 7. The molecule has 0 unspecified atom stereocenters. The number of nitrogens with zero attached hydrogens (tertiary/aromatic N) is 5. The second-order valence-corrected chi connectivity index (χ2v) is 8.09. The van der Waals surface area contributed by atoms with Crippen LogP contribution < -0.4 is 10.1 Å². The van der Waals surface area contributed by atoms with Crippen LogP contribution in [0.1, 0.15) is 21.1 Å². The van der Waals surface area contributed by atoms with Crippen molar-refractivity contribution in [2.24, 2.45) is 0 Å². The van der Waals surface area contributed by atoms with Gasteiger partial charge in [-0.15, -0.1) is 10.2 Å². The predicted molar refractivity (Wildman–Crippen MR) is 122 cm³/mol. The Morgan fingerprint density at radius 1 is 1.03 bits per heavy atom. The van der Waals surface area contributed by atoms with Gasteiger partial charge in [0.2, 0.25) is 5.13 Å². The quantitative estimate of drug-likeness (QED) is 0.389. The van der Waals surface area contributed by atoms with Crippen molar-refractivity contribution < 1.29 is 13.9 Å². The highest BCUT2D eigenvalue weighted by molar-refractivity contribution is 7.15. The topological polar surface area (TPSA) is 94.8 Å². The fourth-order valence-corrected chi connectivity index (χ4v) is 3.90. The molecule has 10 heteroatoms. The molecular weight excluding hydrogens is 443 g/mol. The summed E-state index contributed by atoms with van der Waals surface area (Å²) in [5, 5.41) is 16.7. The van der Waals surface area contributed by atoms with E-state index in [1.807, 2.05) is 30.3 Å². The first-order valence-corrected chi connectivity index (χ1v) is 10.9. The molecule has 0 saturated carbocycles. The standard InChI is InChI=1S/C23H17FN6O2S/c24-18-11-5-4-7-15(18)13-30-21-17(10-6-12-25-21)20(29-30)22(31)26-23-28-27-19(33-23)14-32-16-8-2-1-3-9-16/h1-12H,13-14H2,(H,26,28,31). The zero-order valence-electron chi connectivity index (χ0n) is 17.2. The first-order chi connectivity index (χ1) is 16.2. The van der Waals surface area contributed by atoms with Crippen LogP contribution in [0.2, 0.25) is 0 Å². The van der Waals surface area contributed by atoms with E-state index in [0.29, 0.717) is 26.7 Å². The summed E-state index contributed by atoms with van der Waals surface area (Å²) in [4.78, 5) is 17.3. The Labute approximate surface area is 191 Å². The van der Waals surface area contributed by atoms with Crippen LogP contribution in [0.4, 0.5) is 9.52 Å².